The second-order valence-corrected chi connectivity index (χ2v) is 9.80. The van der Waals surface area contributed by atoms with Crippen LogP contribution in [0.3, 0.4) is 0 Å². The second kappa shape index (κ2) is 7.28. The highest BCUT2D eigenvalue weighted by molar-refractivity contribution is 7.92. The van der Waals surface area contributed by atoms with E-state index >= 15 is 0 Å². The van der Waals surface area contributed by atoms with Crippen LogP contribution in [0.2, 0.25) is 0 Å². The molecule has 0 aliphatic heterocycles. The van der Waals surface area contributed by atoms with Crippen LogP contribution in [0.25, 0.3) is 0 Å². The largest absolute Gasteiger partial charge is 0.501 e. The molecule has 10 heteroatoms. The first-order valence-corrected chi connectivity index (χ1v) is 10.9. The minimum atomic E-state index is -5.43. The Morgan fingerprint density at radius 1 is 0.923 bits per heavy atom. The summed E-state index contributed by atoms with van der Waals surface area (Å²) in [6.45, 7) is 0. The van der Waals surface area contributed by atoms with Crippen LogP contribution in [-0.4, -0.2) is 34.4 Å². The molecule has 0 aliphatic carbocycles. The molecule has 2 aromatic carbocycles. The molecule has 0 radical (unpaired) electrons. The van der Waals surface area contributed by atoms with Crippen LogP contribution < -0.4 is 5.32 Å². The van der Waals surface area contributed by atoms with Crippen molar-refractivity contribution in [1.82, 2.24) is 0 Å². The summed E-state index contributed by atoms with van der Waals surface area (Å²) < 4.78 is 83.8. The van der Waals surface area contributed by atoms with E-state index in [0.717, 1.165) is 30.5 Å². The number of nitrogens with one attached hydrogen (secondary N) is 1. The molecular weight excluding hydrogens is 391 g/mol. The molecule has 5 nitrogen and oxygen atoms in total. The Hall–Kier alpha value is -2.07. The van der Waals surface area contributed by atoms with E-state index in [4.69, 9.17) is 0 Å². The lowest BCUT2D eigenvalue weighted by atomic mass is 10.1. The number of hydrogen-bond acceptors (Lipinski definition) is 5. The van der Waals surface area contributed by atoms with Gasteiger partial charge in [0.25, 0.3) is 9.84 Å². The van der Waals surface area contributed by atoms with Crippen LogP contribution in [0.4, 0.5) is 18.9 Å². The van der Waals surface area contributed by atoms with E-state index in [1.54, 1.807) is 30.3 Å². The predicted octanol–water partition coefficient (Wildman–Crippen LogP) is 3.18. The lowest BCUT2D eigenvalue weighted by Gasteiger charge is -2.20. The third-order valence-electron chi connectivity index (χ3n) is 3.48. The maximum Gasteiger partial charge on any atom is 0.501 e. The monoisotopic (exact) mass is 407 g/mol. The van der Waals surface area contributed by atoms with Crippen LogP contribution in [-0.2, 0) is 19.7 Å². The molecule has 0 unspecified atom stereocenters. The normalized spacial score (nSPS) is 14.0. The van der Waals surface area contributed by atoms with Crippen LogP contribution in [0.15, 0.2) is 59.5 Å². The van der Waals surface area contributed by atoms with Crippen molar-refractivity contribution in [2.75, 3.05) is 17.3 Å². The molecule has 142 valence electrons. The molecule has 1 atom stereocenters. The average Bonchev–Trinajstić information content (AvgIpc) is 2.53. The van der Waals surface area contributed by atoms with E-state index in [2.05, 4.69) is 5.32 Å². The molecule has 1 N–H and O–H groups in total. The van der Waals surface area contributed by atoms with Crippen molar-refractivity contribution in [3.8, 4) is 0 Å². The Balaban J connectivity index is 2.30. The first-order chi connectivity index (χ1) is 11.9. The lowest BCUT2D eigenvalue weighted by molar-refractivity contribution is -0.0436. The molecule has 0 spiro atoms. The first kappa shape index (κ1) is 20.2. The van der Waals surface area contributed by atoms with E-state index in [1.165, 1.54) is 0 Å². The Morgan fingerprint density at radius 2 is 1.46 bits per heavy atom. The van der Waals surface area contributed by atoms with Gasteiger partial charge >= 0.3 is 5.51 Å². The van der Waals surface area contributed by atoms with Crippen molar-refractivity contribution in [2.24, 2.45) is 0 Å². The van der Waals surface area contributed by atoms with Gasteiger partial charge < -0.3 is 5.32 Å². The zero-order valence-corrected chi connectivity index (χ0v) is 15.2. The lowest BCUT2D eigenvalue weighted by Crippen LogP contribution is -2.23. The number of halogens is 3. The molecule has 26 heavy (non-hydrogen) atoms. The highest BCUT2D eigenvalue weighted by atomic mass is 32.2. The summed E-state index contributed by atoms with van der Waals surface area (Å²) in [6.07, 6.45) is 1.07. The van der Waals surface area contributed by atoms with Gasteiger partial charge in [-0.15, -0.1) is 0 Å². The fourth-order valence-electron chi connectivity index (χ4n) is 2.27. The summed E-state index contributed by atoms with van der Waals surface area (Å²) in [5.74, 6) is -0.236. The summed E-state index contributed by atoms with van der Waals surface area (Å²) in [7, 11) is -8.78. The molecular formula is C16H16F3NO4S2. The third-order valence-corrected chi connectivity index (χ3v) is 5.92. The van der Waals surface area contributed by atoms with Crippen molar-refractivity contribution in [2.45, 2.75) is 16.4 Å². The average molecular weight is 407 g/mol. The smallest absolute Gasteiger partial charge is 0.377 e. The minimum absolute atomic E-state index is 0.236. The minimum Gasteiger partial charge on any atom is -0.377 e. The SMILES string of the molecule is CS(=O)(=O)C[C@H](Nc1ccc(S(=O)(=O)C(F)(F)F)cc1)c1ccccc1. The van der Waals surface area contributed by atoms with Gasteiger partial charge in [0.15, 0.2) is 0 Å². The van der Waals surface area contributed by atoms with Gasteiger partial charge in [-0.3, -0.25) is 0 Å². The van der Waals surface area contributed by atoms with Crippen molar-refractivity contribution >= 4 is 25.4 Å². The van der Waals surface area contributed by atoms with Gasteiger partial charge in [0.2, 0.25) is 0 Å². The van der Waals surface area contributed by atoms with Crippen LogP contribution >= 0.6 is 0 Å². The molecule has 0 aromatic heterocycles. The molecule has 0 saturated heterocycles. The van der Waals surface area contributed by atoms with E-state index in [0.29, 0.717) is 11.3 Å². The van der Waals surface area contributed by atoms with Gasteiger partial charge in [0.05, 0.1) is 16.7 Å². The maximum absolute atomic E-state index is 12.6. The van der Waals surface area contributed by atoms with Crippen LogP contribution in [0.1, 0.15) is 11.6 Å². The Morgan fingerprint density at radius 3 is 1.92 bits per heavy atom. The third kappa shape index (κ3) is 4.98. The molecule has 2 rings (SSSR count). The van der Waals surface area contributed by atoms with Gasteiger partial charge in [0, 0.05) is 11.9 Å². The van der Waals surface area contributed by atoms with Crippen molar-refractivity contribution < 1.29 is 30.0 Å². The van der Waals surface area contributed by atoms with Crippen molar-refractivity contribution in [3.63, 3.8) is 0 Å². The highest BCUT2D eigenvalue weighted by Crippen LogP contribution is 2.31. The number of anilines is 1. The zero-order chi connectivity index (χ0) is 19.6. The molecule has 0 bridgehead atoms. The fourth-order valence-corrected chi connectivity index (χ4v) is 3.92. The standard InChI is InChI=1S/C16H16F3NO4S2/c1-25(21,22)11-15(12-5-3-2-4-6-12)20-13-7-9-14(10-8-13)26(23,24)16(17,18)19/h2-10,15,20H,11H2,1H3/t15-/m0/s1. The molecule has 0 heterocycles. The highest BCUT2D eigenvalue weighted by Gasteiger charge is 2.46. The Kier molecular flexibility index (Phi) is 5.67. The fraction of sp³-hybridized carbons (Fsp3) is 0.250. The quantitative estimate of drug-likeness (QED) is 0.796. The summed E-state index contributed by atoms with van der Waals surface area (Å²) in [4.78, 5) is -0.880. The molecule has 0 fully saturated rings. The molecule has 2 aromatic rings. The van der Waals surface area contributed by atoms with Gasteiger partial charge in [-0.25, -0.2) is 16.8 Å². The second-order valence-electron chi connectivity index (χ2n) is 5.67. The number of hydrogen-bond donors (Lipinski definition) is 1. The summed E-state index contributed by atoms with van der Waals surface area (Å²) >= 11 is 0. The van der Waals surface area contributed by atoms with E-state index in [-0.39, 0.29) is 5.75 Å². The Bertz CT molecular complexity index is 955. The van der Waals surface area contributed by atoms with E-state index < -0.39 is 36.1 Å². The van der Waals surface area contributed by atoms with E-state index in [9.17, 15) is 30.0 Å². The number of benzene rings is 2. The zero-order valence-electron chi connectivity index (χ0n) is 13.6. The van der Waals surface area contributed by atoms with Crippen molar-refractivity contribution in [1.29, 1.82) is 0 Å². The number of rotatable bonds is 6. The summed E-state index contributed by atoms with van der Waals surface area (Å²) in [5.41, 5.74) is -4.42. The molecule has 0 saturated carbocycles. The predicted molar refractivity (Wildman–Crippen MR) is 92.2 cm³/mol. The first-order valence-electron chi connectivity index (χ1n) is 7.31. The van der Waals surface area contributed by atoms with Gasteiger partial charge in [-0.2, -0.15) is 13.2 Å². The van der Waals surface area contributed by atoms with Crippen LogP contribution in [0.5, 0.6) is 0 Å². The number of sulfone groups is 2. The van der Waals surface area contributed by atoms with Gasteiger partial charge in [-0.05, 0) is 29.8 Å². The van der Waals surface area contributed by atoms with Gasteiger partial charge in [0.1, 0.15) is 9.84 Å². The molecule has 0 aliphatic rings. The maximum atomic E-state index is 12.6. The summed E-state index contributed by atoms with van der Waals surface area (Å²) in [6, 6.07) is 12.0. The van der Waals surface area contributed by atoms with Gasteiger partial charge in [-0.1, -0.05) is 30.3 Å². The Labute approximate surface area is 149 Å². The summed E-state index contributed by atoms with van der Waals surface area (Å²) in [5, 5.41) is 2.91. The van der Waals surface area contributed by atoms with Crippen molar-refractivity contribution in [3.05, 3.63) is 60.2 Å². The molecule has 0 amide bonds. The topological polar surface area (TPSA) is 80.3 Å². The number of alkyl halides is 3. The van der Waals surface area contributed by atoms with Crippen LogP contribution in [0, 0.1) is 0 Å². The van der Waals surface area contributed by atoms with E-state index in [1.807, 2.05) is 0 Å².